The Bertz CT molecular complexity index is 1510. The molecular formula is C32H24N2O4. The molecule has 6 nitrogen and oxygen atoms in total. The second-order valence-electron chi connectivity index (χ2n) is 10.0. The van der Waals surface area contributed by atoms with Crippen LogP contribution in [0.15, 0.2) is 97.1 Å². The quantitative estimate of drug-likeness (QED) is 0.384. The minimum absolute atomic E-state index is 0.147. The highest BCUT2D eigenvalue weighted by Gasteiger charge is 2.61. The van der Waals surface area contributed by atoms with Crippen molar-refractivity contribution in [3.05, 3.63) is 125 Å². The molecule has 1 fully saturated rings. The van der Waals surface area contributed by atoms with E-state index in [1.807, 2.05) is 24.3 Å². The Kier molecular flexibility index (Phi) is 4.98. The molecule has 1 saturated heterocycles. The van der Waals surface area contributed by atoms with Crippen LogP contribution in [0.1, 0.15) is 44.4 Å². The van der Waals surface area contributed by atoms with Crippen LogP contribution in [0.3, 0.4) is 0 Å². The third-order valence-corrected chi connectivity index (χ3v) is 8.16. The van der Waals surface area contributed by atoms with Crippen LogP contribution in [0, 0.1) is 11.8 Å². The average molecular weight is 501 g/mol. The first kappa shape index (κ1) is 22.5. The van der Waals surface area contributed by atoms with Gasteiger partial charge in [-0.05, 0) is 58.7 Å². The van der Waals surface area contributed by atoms with Crippen molar-refractivity contribution in [2.24, 2.45) is 11.8 Å². The molecule has 1 heterocycles. The van der Waals surface area contributed by atoms with Crippen molar-refractivity contribution in [3.8, 4) is 5.75 Å². The Hall–Kier alpha value is -4.71. The van der Waals surface area contributed by atoms with Gasteiger partial charge in [0.2, 0.25) is 11.8 Å². The molecule has 8 rings (SSSR count). The van der Waals surface area contributed by atoms with Crippen LogP contribution in [-0.4, -0.2) is 24.8 Å². The van der Waals surface area contributed by atoms with E-state index < -0.39 is 11.8 Å². The summed E-state index contributed by atoms with van der Waals surface area (Å²) in [5.74, 6) is -1.16. The first-order valence-corrected chi connectivity index (χ1v) is 12.7. The van der Waals surface area contributed by atoms with Crippen molar-refractivity contribution in [2.45, 2.75) is 11.8 Å². The van der Waals surface area contributed by atoms with E-state index in [4.69, 9.17) is 4.74 Å². The fourth-order valence-corrected chi connectivity index (χ4v) is 6.60. The molecule has 0 unspecified atom stereocenters. The minimum atomic E-state index is -0.437. The molecule has 38 heavy (non-hydrogen) atoms. The molecule has 1 N–H and O–H groups in total. The summed E-state index contributed by atoms with van der Waals surface area (Å²) in [6, 6.07) is 30.1. The molecular weight excluding hydrogens is 476 g/mol. The van der Waals surface area contributed by atoms with Crippen LogP contribution in [0.4, 0.5) is 11.4 Å². The third kappa shape index (κ3) is 3.16. The van der Waals surface area contributed by atoms with E-state index >= 15 is 0 Å². The van der Waals surface area contributed by atoms with E-state index in [1.165, 1.54) is 4.90 Å². The van der Waals surface area contributed by atoms with E-state index in [2.05, 4.69) is 29.6 Å². The number of methoxy groups -OCH3 is 1. The molecule has 0 saturated carbocycles. The Balaban J connectivity index is 1.20. The molecule has 0 aromatic heterocycles. The molecule has 1 aliphatic heterocycles. The lowest BCUT2D eigenvalue weighted by Gasteiger charge is -2.45. The molecule has 6 heteroatoms. The van der Waals surface area contributed by atoms with Gasteiger partial charge in [-0.3, -0.25) is 14.4 Å². The van der Waals surface area contributed by atoms with E-state index in [1.54, 1.807) is 55.6 Å². The summed E-state index contributed by atoms with van der Waals surface area (Å²) in [5.41, 5.74) is 6.10. The number of benzene rings is 4. The molecule has 4 aliphatic rings. The lowest BCUT2D eigenvalue weighted by Crippen LogP contribution is -2.41. The first-order chi connectivity index (χ1) is 18.6. The van der Waals surface area contributed by atoms with Gasteiger partial charge in [-0.1, -0.05) is 54.6 Å². The highest BCUT2D eigenvalue weighted by atomic mass is 16.5. The molecule has 2 atom stereocenters. The lowest BCUT2D eigenvalue weighted by atomic mass is 9.55. The van der Waals surface area contributed by atoms with Gasteiger partial charge in [0.05, 0.1) is 24.6 Å². The fraction of sp³-hybridized carbons (Fsp3) is 0.156. The molecule has 3 amide bonds. The van der Waals surface area contributed by atoms with Gasteiger partial charge < -0.3 is 10.1 Å². The van der Waals surface area contributed by atoms with Crippen molar-refractivity contribution in [2.75, 3.05) is 17.3 Å². The molecule has 2 bridgehead atoms. The third-order valence-electron chi connectivity index (χ3n) is 8.16. The van der Waals surface area contributed by atoms with Crippen LogP contribution >= 0.6 is 0 Å². The molecule has 0 radical (unpaired) electrons. The first-order valence-electron chi connectivity index (χ1n) is 12.7. The number of rotatable bonds is 4. The summed E-state index contributed by atoms with van der Waals surface area (Å²) in [7, 11) is 1.57. The molecule has 0 spiro atoms. The predicted octanol–water partition coefficient (Wildman–Crippen LogP) is 5.34. The number of imide groups is 1. The van der Waals surface area contributed by atoms with E-state index in [9.17, 15) is 14.4 Å². The van der Waals surface area contributed by atoms with Crippen molar-refractivity contribution < 1.29 is 19.1 Å². The molecule has 4 aromatic carbocycles. The van der Waals surface area contributed by atoms with Crippen LogP contribution < -0.4 is 15.0 Å². The highest BCUT2D eigenvalue weighted by molar-refractivity contribution is 6.23. The standard InChI is InChI=1S/C32H24N2O4/c1-38-21-8-6-7-19(17-21)33-30(35)18-13-15-20(16-14-18)34-31(36)28-26-22-9-2-3-10-23(22)27(29(28)32(34)37)25-12-5-4-11-24(25)26/h2-17,26-29H,1H3,(H,33,35)/t26?,27?,28-,29+. The van der Waals surface area contributed by atoms with Gasteiger partial charge >= 0.3 is 0 Å². The number of amides is 3. The van der Waals surface area contributed by atoms with Crippen LogP contribution in [0.2, 0.25) is 0 Å². The van der Waals surface area contributed by atoms with Gasteiger partial charge in [0.15, 0.2) is 0 Å². The normalized spacial score (nSPS) is 22.5. The monoisotopic (exact) mass is 500 g/mol. The highest BCUT2D eigenvalue weighted by Crippen LogP contribution is 2.61. The van der Waals surface area contributed by atoms with Gasteiger partial charge in [-0.15, -0.1) is 0 Å². The van der Waals surface area contributed by atoms with Gasteiger partial charge in [-0.2, -0.15) is 0 Å². The number of carbonyl (C=O) groups excluding carboxylic acids is 3. The van der Waals surface area contributed by atoms with Crippen molar-refractivity contribution in [1.29, 1.82) is 0 Å². The van der Waals surface area contributed by atoms with Crippen LogP contribution in [0.25, 0.3) is 0 Å². The summed E-state index contributed by atoms with van der Waals surface area (Å²) < 4.78 is 5.22. The zero-order valence-corrected chi connectivity index (χ0v) is 20.6. The maximum atomic E-state index is 13.9. The number of carbonyl (C=O) groups is 3. The van der Waals surface area contributed by atoms with Crippen molar-refractivity contribution in [1.82, 2.24) is 0 Å². The maximum Gasteiger partial charge on any atom is 0.255 e. The topological polar surface area (TPSA) is 75.7 Å². The van der Waals surface area contributed by atoms with Crippen molar-refractivity contribution in [3.63, 3.8) is 0 Å². The number of nitrogens with zero attached hydrogens (tertiary/aromatic N) is 1. The van der Waals surface area contributed by atoms with Crippen molar-refractivity contribution >= 4 is 29.1 Å². The molecule has 3 aliphatic carbocycles. The number of ether oxygens (including phenoxy) is 1. The summed E-state index contributed by atoms with van der Waals surface area (Å²) in [4.78, 5) is 41.9. The predicted molar refractivity (Wildman–Crippen MR) is 143 cm³/mol. The zero-order valence-electron chi connectivity index (χ0n) is 20.6. The van der Waals surface area contributed by atoms with Crippen LogP contribution in [0.5, 0.6) is 5.75 Å². The summed E-state index contributed by atoms with van der Waals surface area (Å²) >= 11 is 0. The second kappa shape index (κ2) is 8.42. The number of nitrogens with one attached hydrogen (secondary N) is 1. The minimum Gasteiger partial charge on any atom is -0.497 e. The van der Waals surface area contributed by atoms with Gasteiger partial charge in [0.25, 0.3) is 5.91 Å². The zero-order chi connectivity index (χ0) is 26.0. The Labute approximate surface area is 219 Å². The number of hydrogen-bond donors (Lipinski definition) is 1. The smallest absolute Gasteiger partial charge is 0.255 e. The van der Waals surface area contributed by atoms with Gasteiger partial charge in [0.1, 0.15) is 5.75 Å². The lowest BCUT2D eigenvalue weighted by molar-refractivity contribution is -0.122. The summed E-state index contributed by atoms with van der Waals surface area (Å²) in [5, 5.41) is 2.85. The number of anilines is 2. The Morgan fingerprint density at radius 2 is 1.24 bits per heavy atom. The van der Waals surface area contributed by atoms with Gasteiger partial charge in [-0.25, -0.2) is 4.90 Å². The number of hydrogen-bond acceptors (Lipinski definition) is 4. The van der Waals surface area contributed by atoms with E-state index in [0.717, 1.165) is 22.3 Å². The SMILES string of the molecule is COc1cccc(NC(=O)c2ccc(N3C(=O)[C@@H]4C5c6ccccc6C(c6ccccc65)[C@@H]4C3=O)cc2)c1. The average Bonchev–Trinajstić information content (AvgIpc) is 3.23. The fourth-order valence-electron chi connectivity index (χ4n) is 6.60. The van der Waals surface area contributed by atoms with Gasteiger partial charge in [0, 0.05) is 29.2 Å². The largest absolute Gasteiger partial charge is 0.497 e. The van der Waals surface area contributed by atoms with E-state index in [-0.39, 0.29) is 29.6 Å². The van der Waals surface area contributed by atoms with Crippen LogP contribution in [-0.2, 0) is 9.59 Å². The van der Waals surface area contributed by atoms with E-state index in [0.29, 0.717) is 22.7 Å². The maximum absolute atomic E-state index is 13.9. The molecule has 4 aromatic rings. The molecule has 186 valence electrons. The second-order valence-corrected chi connectivity index (χ2v) is 10.0. The Morgan fingerprint density at radius 1 is 0.711 bits per heavy atom. The Morgan fingerprint density at radius 3 is 1.74 bits per heavy atom. The summed E-state index contributed by atoms with van der Waals surface area (Å²) in [6.07, 6.45) is 0. The summed E-state index contributed by atoms with van der Waals surface area (Å²) in [6.45, 7) is 0.